The van der Waals surface area contributed by atoms with E-state index in [1.807, 2.05) is 53.4 Å². The fourth-order valence-corrected chi connectivity index (χ4v) is 3.77. The molecule has 162 valence electrons. The number of hydrogen-bond donors (Lipinski definition) is 1. The van der Waals surface area contributed by atoms with E-state index in [0.717, 1.165) is 41.8 Å². The third-order valence-corrected chi connectivity index (χ3v) is 5.74. The van der Waals surface area contributed by atoms with Crippen LogP contribution in [0.25, 0.3) is 17.2 Å². The number of rotatable bonds is 7. The van der Waals surface area contributed by atoms with Gasteiger partial charge in [-0.2, -0.15) is 0 Å². The van der Waals surface area contributed by atoms with Crippen molar-refractivity contribution >= 4 is 29.3 Å². The Hall–Kier alpha value is -3.21. The van der Waals surface area contributed by atoms with E-state index < -0.39 is 0 Å². The summed E-state index contributed by atoms with van der Waals surface area (Å²) in [4.78, 5) is 31.3. The molecule has 5 heteroatoms. The van der Waals surface area contributed by atoms with Crippen molar-refractivity contribution in [3.05, 3.63) is 59.2 Å². The summed E-state index contributed by atoms with van der Waals surface area (Å²) in [5, 5.41) is 0. The van der Waals surface area contributed by atoms with E-state index in [0.29, 0.717) is 23.4 Å². The molecule has 2 N–H and O–H groups in total. The molecule has 0 fully saturated rings. The van der Waals surface area contributed by atoms with Crippen LogP contribution >= 0.6 is 0 Å². The molecule has 0 aliphatic carbocycles. The van der Waals surface area contributed by atoms with Crippen LogP contribution in [0, 0.1) is 0 Å². The van der Waals surface area contributed by atoms with Crippen LogP contribution in [0.2, 0.25) is 0 Å². The highest BCUT2D eigenvalue weighted by atomic mass is 16.2. The van der Waals surface area contributed by atoms with Gasteiger partial charge in [-0.05, 0) is 50.0 Å². The molecule has 0 saturated heterocycles. The van der Waals surface area contributed by atoms with Crippen molar-refractivity contribution in [1.29, 1.82) is 0 Å². The summed E-state index contributed by atoms with van der Waals surface area (Å²) in [5.41, 5.74) is 11.2. The maximum Gasteiger partial charge on any atom is 0.250 e. The Morgan fingerprint density at radius 3 is 2.39 bits per heavy atom. The highest BCUT2D eigenvalue weighted by Gasteiger charge is 2.24. The molecule has 1 heterocycles. The lowest BCUT2D eigenvalue weighted by atomic mass is 9.99. The van der Waals surface area contributed by atoms with E-state index in [9.17, 15) is 9.59 Å². The number of carbonyl (C=O) groups excluding carboxylic acids is 2. The smallest absolute Gasteiger partial charge is 0.250 e. The van der Waals surface area contributed by atoms with Crippen molar-refractivity contribution in [3.63, 3.8) is 0 Å². The first-order valence-electron chi connectivity index (χ1n) is 10.9. The number of nitrogens with zero attached hydrogens (tertiary/aromatic N) is 2. The number of fused-ring (bicyclic) bond motifs is 1. The second-order valence-electron chi connectivity index (χ2n) is 8.11. The van der Waals surface area contributed by atoms with E-state index >= 15 is 0 Å². The van der Waals surface area contributed by atoms with Crippen LogP contribution in [0.15, 0.2) is 53.0 Å². The zero-order valence-electron chi connectivity index (χ0n) is 18.8. The fraction of sp³-hybridized carbons (Fsp3) is 0.346. The molecule has 31 heavy (non-hydrogen) atoms. The number of ketones is 1. The summed E-state index contributed by atoms with van der Waals surface area (Å²) < 4.78 is 0. The van der Waals surface area contributed by atoms with Crippen LogP contribution in [0.3, 0.4) is 0 Å². The zero-order valence-corrected chi connectivity index (χ0v) is 18.8. The van der Waals surface area contributed by atoms with Gasteiger partial charge in [0.2, 0.25) is 5.91 Å². The molecule has 2 aromatic rings. The quantitative estimate of drug-likeness (QED) is 0.615. The van der Waals surface area contributed by atoms with Crippen LogP contribution < -0.4 is 5.73 Å². The van der Waals surface area contributed by atoms with Gasteiger partial charge in [0.25, 0.3) is 0 Å². The maximum absolute atomic E-state index is 13.3. The minimum Gasteiger partial charge on any atom is -0.387 e. The predicted molar refractivity (Wildman–Crippen MR) is 128 cm³/mol. The van der Waals surface area contributed by atoms with E-state index in [-0.39, 0.29) is 17.7 Å². The molecule has 1 aliphatic rings. The number of aliphatic imine (C=N–C) groups is 1. The molecule has 0 spiro atoms. The normalized spacial score (nSPS) is 14.1. The van der Waals surface area contributed by atoms with E-state index in [4.69, 9.17) is 5.73 Å². The van der Waals surface area contributed by atoms with Crippen molar-refractivity contribution in [2.75, 3.05) is 6.54 Å². The van der Waals surface area contributed by atoms with Gasteiger partial charge in [0.1, 0.15) is 5.84 Å². The lowest BCUT2D eigenvalue weighted by Crippen LogP contribution is -2.40. The minimum absolute atomic E-state index is 0.0334. The monoisotopic (exact) mass is 417 g/mol. The molecule has 0 saturated carbocycles. The predicted octanol–water partition coefficient (Wildman–Crippen LogP) is 5.37. The molecule has 0 radical (unpaired) electrons. The summed E-state index contributed by atoms with van der Waals surface area (Å²) in [6.45, 7) is 8.55. The van der Waals surface area contributed by atoms with Gasteiger partial charge < -0.3 is 10.6 Å². The Balaban J connectivity index is 1.96. The molecule has 1 aliphatic heterocycles. The number of hydrogen-bond acceptors (Lipinski definition) is 4. The Morgan fingerprint density at radius 1 is 1.10 bits per heavy atom. The van der Waals surface area contributed by atoms with E-state index in [2.05, 4.69) is 25.8 Å². The van der Waals surface area contributed by atoms with Gasteiger partial charge in [0.05, 0.1) is 5.69 Å². The Morgan fingerprint density at radius 2 is 1.77 bits per heavy atom. The third-order valence-electron chi connectivity index (χ3n) is 5.74. The van der Waals surface area contributed by atoms with Gasteiger partial charge in [-0.1, -0.05) is 50.2 Å². The van der Waals surface area contributed by atoms with Gasteiger partial charge in [0.15, 0.2) is 5.78 Å². The number of amidine groups is 1. The second-order valence-corrected chi connectivity index (χ2v) is 8.11. The Kier molecular flexibility index (Phi) is 7.06. The first kappa shape index (κ1) is 22.5. The summed E-state index contributed by atoms with van der Waals surface area (Å²) in [7, 11) is 0. The maximum atomic E-state index is 13.3. The average Bonchev–Trinajstić information content (AvgIpc) is 2.93. The topological polar surface area (TPSA) is 75.8 Å². The highest BCUT2D eigenvalue weighted by molar-refractivity contribution is 6.05. The summed E-state index contributed by atoms with van der Waals surface area (Å²) in [5.74, 6) is 0.511. The van der Waals surface area contributed by atoms with Crippen LogP contribution in [0.5, 0.6) is 0 Å². The SMILES string of the molecule is CCCN(C(=O)C1=Cc2ccc(-c3ccc(C(C)=O)cc3)cc2N=C(N)C1)C(C)CC. The van der Waals surface area contributed by atoms with Crippen molar-refractivity contribution in [2.24, 2.45) is 10.7 Å². The van der Waals surface area contributed by atoms with Crippen molar-refractivity contribution < 1.29 is 9.59 Å². The van der Waals surface area contributed by atoms with Crippen LogP contribution in [-0.2, 0) is 4.79 Å². The van der Waals surface area contributed by atoms with Gasteiger partial charge in [-0.15, -0.1) is 0 Å². The van der Waals surface area contributed by atoms with Crippen molar-refractivity contribution in [3.8, 4) is 11.1 Å². The first-order valence-corrected chi connectivity index (χ1v) is 10.9. The molecular weight excluding hydrogens is 386 g/mol. The van der Waals surface area contributed by atoms with Gasteiger partial charge in [-0.25, -0.2) is 4.99 Å². The fourth-order valence-electron chi connectivity index (χ4n) is 3.77. The highest BCUT2D eigenvalue weighted by Crippen LogP contribution is 2.32. The summed E-state index contributed by atoms with van der Waals surface area (Å²) in [6.07, 6.45) is 4.09. The second kappa shape index (κ2) is 9.73. The molecule has 3 rings (SSSR count). The number of carbonyl (C=O) groups is 2. The average molecular weight is 418 g/mol. The third kappa shape index (κ3) is 5.10. The lowest BCUT2D eigenvalue weighted by Gasteiger charge is -2.29. The Labute approximate surface area is 184 Å². The number of nitrogens with two attached hydrogens (primary N) is 1. The Bertz CT molecular complexity index is 1040. The molecule has 1 amide bonds. The first-order chi connectivity index (χ1) is 14.8. The van der Waals surface area contributed by atoms with Crippen molar-refractivity contribution in [2.45, 2.75) is 53.0 Å². The minimum atomic E-state index is 0.0334. The van der Waals surface area contributed by atoms with Crippen LogP contribution in [0.1, 0.15) is 62.9 Å². The largest absolute Gasteiger partial charge is 0.387 e. The van der Waals surface area contributed by atoms with Gasteiger partial charge in [-0.3, -0.25) is 9.59 Å². The van der Waals surface area contributed by atoms with Crippen LogP contribution in [0.4, 0.5) is 5.69 Å². The van der Waals surface area contributed by atoms with E-state index in [1.165, 1.54) is 0 Å². The summed E-state index contributed by atoms with van der Waals surface area (Å²) in [6, 6.07) is 13.7. The molecule has 1 unspecified atom stereocenters. The van der Waals surface area contributed by atoms with Gasteiger partial charge in [0, 0.05) is 35.7 Å². The van der Waals surface area contributed by atoms with Crippen molar-refractivity contribution in [1.82, 2.24) is 4.90 Å². The standard InChI is InChI=1S/C26H31N3O2/c1-5-13-29(17(3)6-2)26(31)23-14-22-12-11-21(15-24(22)28-25(27)16-23)20-9-7-19(8-10-20)18(4)30/h7-12,14-15,17H,5-6,13,16H2,1-4H3,(H2,27,28). The van der Waals surface area contributed by atoms with Gasteiger partial charge >= 0.3 is 0 Å². The molecule has 1 atom stereocenters. The number of Topliss-reactive ketones (excluding diaryl/α,β-unsaturated/α-hetero) is 1. The molecule has 2 aromatic carbocycles. The van der Waals surface area contributed by atoms with E-state index in [1.54, 1.807) is 6.92 Å². The number of amides is 1. The molecule has 0 aromatic heterocycles. The van der Waals surface area contributed by atoms with Crippen LogP contribution in [-0.4, -0.2) is 35.0 Å². The molecule has 5 nitrogen and oxygen atoms in total. The summed E-state index contributed by atoms with van der Waals surface area (Å²) >= 11 is 0. The number of benzene rings is 2. The lowest BCUT2D eigenvalue weighted by molar-refractivity contribution is -0.129. The molecular formula is C26H31N3O2. The molecule has 0 bridgehead atoms. The zero-order chi connectivity index (χ0) is 22.5.